The fourth-order valence-electron chi connectivity index (χ4n) is 1.92. The molecule has 120 valence electrons. The summed E-state index contributed by atoms with van der Waals surface area (Å²) in [5, 5.41) is 3.78. The smallest absolute Gasteiger partial charge is 0.338 e. The fraction of sp³-hybridized carbons (Fsp3) is 0.176. The Morgan fingerprint density at radius 3 is 2.39 bits per heavy atom. The maximum Gasteiger partial charge on any atom is 0.338 e. The number of hydrogen-bond acceptors (Lipinski definition) is 3. The second-order valence-electron chi connectivity index (χ2n) is 4.82. The third-order valence-corrected chi connectivity index (χ3v) is 3.49. The first-order valence-corrected chi connectivity index (χ1v) is 7.74. The van der Waals surface area contributed by atoms with Gasteiger partial charge in [0.2, 0.25) is 0 Å². The van der Waals surface area contributed by atoms with Crippen LogP contribution in [-0.4, -0.2) is 25.0 Å². The lowest BCUT2D eigenvalue weighted by molar-refractivity contribution is -0.124. The zero-order chi connectivity index (χ0) is 16.7. The van der Waals surface area contributed by atoms with E-state index in [0.717, 1.165) is 5.56 Å². The predicted molar refractivity (Wildman–Crippen MR) is 89.9 cm³/mol. The third kappa shape index (κ3) is 5.93. The summed E-state index contributed by atoms with van der Waals surface area (Å²) in [4.78, 5) is 23.4. The molecule has 4 nitrogen and oxygen atoms in total. The summed E-state index contributed by atoms with van der Waals surface area (Å²) in [6, 6.07) is 13.8. The van der Waals surface area contributed by atoms with Crippen molar-refractivity contribution in [3.63, 3.8) is 0 Å². The quantitative estimate of drug-likeness (QED) is 0.810. The molecule has 2 rings (SSSR count). The van der Waals surface area contributed by atoms with Crippen LogP contribution in [0.3, 0.4) is 0 Å². The van der Waals surface area contributed by atoms with Gasteiger partial charge < -0.3 is 10.1 Å². The summed E-state index contributed by atoms with van der Waals surface area (Å²) < 4.78 is 4.94. The monoisotopic (exact) mass is 351 g/mol. The Kier molecular flexibility index (Phi) is 6.44. The summed E-state index contributed by atoms with van der Waals surface area (Å²) in [6.45, 7) is 0.106. The molecule has 0 aromatic heterocycles. The Labute approximate surface area is 144 Å². The molecule has 0 atom stereocenters. The molecule has 23 heavy (non-hydrogen) atoms. The normalized spacial score (nSPS) is 10.2. The van der Waals surface area contributed by atoms with Gasteiger partial charge in [-0.3, -0.25) is 4.79 Å². The maximum atomic E-state index is 11.8. The van der Waals surface area contributed by atoms with Gasteiger partial charge in [-0.25, -0.2) is 4.79 Å². The number of amides is 1. The SMILES string of the molecule is O=C(COC(=O)c1cccc(Cl)c1)NCCc1cccc(Cl)c1. The van der Waals surface area contributed by atoms with E-state index in [0.29, 0.717) is 28.6 Å². The van der Waals surface area contributed by atoms with Crippen molar-refractivity contribution in [3.05, 3.63) is 69.7 Å². The number of nitrogens with one attached hydrogen (secondary N) is 1. The first-order chi connectivity index (χ1) is 11.0. The van der Waals surface area contributed by atoms with Crippen LogP contribution in [0.1, 0.15) is 15.9 Å². The molecule has 1 N–H and O–H groups in total. The highest BCUT2D eigenvalue weighted by molar-refractivity contribution is 6.31. The minimum atomic E-state index is -0.586. The van der Waals surface area contributed by atoms with Crippen LogP contribution in [0.2, 0.25) is 10.0 Å². The van der Waals surface area contributed by atoms with Crippen LogP contribution in [0.4, 0.5) is 0 Å². The van der Waals surface area contributed by atoms with E-state index in [1.54, 1.807) is 24.3 Å². The Bertz CT molecular complexity index is 704. The lowest BCUT2D eigenvalue weighted by atomic mass is 10.1. The molecule has 1 amide bonds. The van der Waals surface area contributed by atoms with Crippen LogP contribution in [-0.2, 0) is 16.0 Å². The molecule has 0 bridgehead atoms. The van der Waals surface area contributed by atoms with E-state index in [9.17, 15) is 9.59 Å². The number of carbonyl (C=O) groups is 2. The van der Waals surface area contributed by atoms with Crippen molar-refractivity contribution in [1.29, 1.82) is 0 Å². The van der Waals surface area contributed by atoms with Crippen molar-refractivity contribution in [1.82, 2.24) is 5.32 Å². The molecule has 0 aliphatic rings. The molecule has 0 aliphatic heterocycles. The number of benzene rings is 2. The molecule has 0 heterocycles. The van der Waals surface area contributed by atoms with Gasteiger partial charge in [-0.05, 0) is 42.3 Å². The van der Waals surface area contributed by atoms with Gasteiger partial charge in [-0.1, -0.05) is 41.4 Å². The summed E-state index contributed by atoms with van der Waals surface area (Å²) in [7, 11) is 0. The number of ether oxygens (including phenoxy) is 1. The molecule has 0 fully saturated rings. The predicted octanol–water partition coefficient (Wildman–Crippen LogP) is 3.51. The average Bonchev–Trinajstić information content (AvgIpc) is 2.52. The summed E-state index contributed by atoms with van der Waals surface area (Å²) in [5.41, 5.74) is 1.33. The second-order valence-corrected chi connectivity index (χ2v) is 5.69. The minimum absolute atomic E-state index is 0.309. The minimum Gasteiger partial charge on any atom is -0.452 e. The highest BCUT2D eigenvalue weighted by Gasteiger charge is 2.10. The highest BCUT2D eigenvalue weighted by Crippen LogP contribution is 2.12. The van der Waals surface area contributed by atoms with Gasteiger partial charge in [-0.15, -0.1) is 0 Å². The van der Waals surface area contributed by atoms with Gasteiger partial charge in [-0.2, -0.15) is 0 Å². The van der Waals surface area contributed by atoms with Crippen LogP contribution in [0, 0.1) is 0 Å². The van der Waals surface area contributed by atoms with Gasteiger partial charge in [0.15, 0.2) is 6.61 Å². The Morgan fingerprint density at radius 1 is 1.00 bits per heavy atom. The standard InChI is InChI=1S/C17H15Cl2NO3/c18-14-5-1-3-12(9-14)7-8-20-16(21)11-23-17(22)13-4-2-6-15(19)10-13/h1-6,9-10H,7-8,11H2,(H,20,21). The first kappa shape index (κ1) is 17.3. The molecule has 2 aromatic carbocycles. The number of esters is 1. The van der Waals surface area contributed by atoms with Crippen molar-refractivity contribution in [2.24, 2.45) is 0 Å². The van der Waals surface area contributed by atoms with Crippen molar-refractivity contribution in [3.8, 4) is 0 Å². The molecule has 0 saturated carbocycles. The average molecular weight is 352 g/mol. The number of carbonyl (C=O) groups excluding carboxylic acids is 2. The van der Waals surface area contributed by atoms with Crippen LogP contribution in [0.5, 0.6) is 0 Å². The van der Waals surface area contributed by atoms with Gasteiger partial charge in [0.25, 0.3) is 5.91 Å². The second kappa shape index (κ2) is 8.56. The van der Waals surface area contributed by atoms with Crippen LogP contribution < -0.4 is 5.32 Å². The molecule has 0 radical (unpaired) electrons. The Morgan fingerprint density at radius 2 is 1.70 bits per heavy atom. The van der Waals surface area contributed by atoms with E-state index in [-0.39, 0.29) is 12.5 Å². The topological polar surface area (TPSA) is 55.4 Å². The number of hydrogen-bond donors (Lipinski definition) is 1. The lowest BCUT2D eigenvalue weighted by Crippen LogP contribution is -2.30. The van der Waals surface area contributed by atoms with Crippen molar-refractivity contribution < 1.29 is 14.3 Å². The van der Waals surface area contributed by atoms with Crippen LogP contribution in [0.15, 0.2) is 48.5 Å². The molecule has 0 saturated heterocycles. The van der Waals surface area contributed by atoms with Crippen LogP contribution in [0.25, 0.3) is 0 Å². The van der Waals surface area contributed by atoms with E-state index in [1.165, 1.54) is 6.07 Å². The maximum absolute atomic E-state index is 11.8. The fourth-order valence-corrected chi connectivity index (χ4v) is 2.32. The summed E-state index contributed by atoms with van der Waals surface area (Å²) in [5.74, 6) is -0.945. The van der Waals surface area contributed by atoms with E-state index in [4.69, 9.17) is 27.9 Å². The summed E-state index contributed by atoms with van der Waals surface area (Å²) in [6.07, 6.45) is 0.647. The largest absolute Gasteiger partial charge is 0.452 e. The van der Waals surface area contributed by atoms with Crippen molar-refractivity contribution in [2.75, 3.05) is 13.2 Å². The van der Waals surface area contributed by atoms with Gasteiger partial charge in [0, 0.05) is 16.6 Å². The summed E-state index contributed by atoms with van der Waals surface area (Å²) >= 11 is 11.7. The highest BCUT2D eigenvalue weighted by atomic mass is 35.5. The van der Waals surface area contributed by atoms with Gasteiger partial charge >= 0.3 is 5.97 Å². The zero-order valence-corrected chi connectivity index (χ0v) is 13.7. The lowest BCUT2D eigenvalue weighted by Gasteiger charge is -2.07. The third-order valence-electron chi connectivity index (χ3n) is 3.02. The first-order valence-electron chi connectivity index (χ1n) is 6.98. The Balaban J connectivity index is 1.72. The van der Waals surface area contributed by atoms with E-state index in [1.807, 2.05) is 18.2 Å². The van der Waals surface area contributed by atoms with E-state index >= 15 is 0 Å². The molecule has 6 heteroatoms. The molecule has 2 aromatic rings. The van der Waals surface area contributed by atoms with Crippen LogP contribution >= 0.6 is 23.2 Å². The van der Waals surface area contributed by atoms with E-state index < -0.39 is 5.97 Å². The molecule has 0 aliphatic carbocycles. The van der Waals surface area contributed by atoms with Gasteiger partial charge in [0.05, 0.1) is 5.56 Å². The molecular formula is C17H15Cl2NO3. The molecule has 0 spiro atoms. The zero-order valence-electron chi connectivity index (χ0n) is 12.2. The van der Waals surface area contributed by atoms with Gasteiger partial charge in [0.1, 0.15) is 0 Å². The molecular weight excluding hydrogens is 337 g/mol. The van der Waals surface area contributed by atoms with E-state index in [2.05, 4.69) is 5.32 Å². The van der Waals surface area contributed by atoms with Crippen molar-refractivity contribution >= 4 is 35.1 Å². The Hall–Kier alpha value is -2.04. The molecule has 0 unspecified atom stereocenters. The van der Waals surface area contributed by atoms with Crippen molar-refractivity contribution in [2.45, 2.75) is 6.42 Å². The number of halogens is 2. The number of rotatable bonds is 6.